The van der Waals surface area contributed by atoms with Crippen LogP contribution in [0.5, 0.6) is 0 Å². The molecule has 1 aliphatic rings. The number of rotatable bonds is 4. The number of aliphatic imine (C=N–C) groups is 1. The number of carbonyl (C=O) groups is 1. The van der Waals surface area contributed by atoms with Gasteiger partial charge in [0.05, 0.1) is 6.54 Å². The molecule has 2 rings (SSSR count). The van der Waals surface area contributed by atoms with Crippen molar-refractivity contribution in [1.29, 1.82) is 0 Å². The van der Waals surface area contributed by atoms with E-state index in [-0.39, 0.29) is 5.97 Å². The Labute approximate surface area is 107 Å². The van der Waals surface area contributed by atoms with Crippen molar-refractivity contribution in [1.82, 2.24) is 0 Å². The maximum Gasteiger partial charge on any atom is 0.341 e. The highest BCUT2D eigenvalue weighted by atomic mass is 16.5. The van der Waals surface area contributed by atoms with Crippen LogP contribution in [0.4, 0.5) is 0 Å². The largest absolute Gasteiger partial charge is 0.404 e. The SMILES string of the molecule is C=CCC1=C(C)C(=NCc2ccccc2)OC1=O. The van der Waals surface area contributed by atoms with Crippen LogP contribution in [-0.2, 0) is 16.1 Å². The Morgan fingerprint density at radius 3 is 2.72 bits per heavy atom. The molecule has 1 aromatic carbocycles. The number of allylic oxidation sites excluding steroid dienone is 1. The van der Waals surface area contributed by atoms with Crippen LogP contribution in [0, 0.1) is 0 Å². The number of ether oxygens (including phenoxy) is 1. The van der Waals surface area contributed by atoms with Crippen LogP contribution >= 0.6 is 0 Å². The molecule has 0 N–H and O–H groups in total. The van der Waals surface area contributed by atoms with Crippen LogP contribution in [0.2, 0.25) is 0 Å². The van der Waals surface area contributed by atoms with E-state index < -0.39 is 0 Å². The van der Waals surface area contributed by atoms with Gasteiger partial charge in [-0.1, -0.05) is 36.4 Å². The third-order valence-electron chi connectivity index (χ3n) is 2.81. The van der Waals surface area contributed by atoms with Gasteiger partial charge < -0.3 is 4.74 Å². The van der Waals surface area contributed by atoms with Crippen molar-refractivity contribution in [3.05, 3.63) is 59.7 Å². The normalized spacial score (nSPS) is 17.2. The van der Waals surface area contributed by atoms with Gasteiger partial charge in [-0.15, -0.1) is 6.58 Å². The summed E-state index contributed by atoms with van der Waals surface area (Å²) in [4.78, 5) is 15.9. The molecule has 0 spiro atoms. The fourth-order valence-corrected chi connectivity index (χ4v) is 1.79. The molecule has 0 fully saturated rings. The lowest BCUT2D eigenvalue weighted by Crippen LogP contribution is -2.03. The van der Waals surface area contributed by atoms with Crippen LogP contribution in [0.15, 0.2) is 59.1 Å². The second kappa shape index (κ2) is 5.45. The quantitative estimate of drug-likeness (QED) is 0.600. The van der Waals surface area contributed by atoms with Crippen molar-refractivity contribution < 1.29 is 9.53 Å². The van der Waals surface area contributed by atoms with E-state index in [9.17, 15) is 4.79 Å². The van der Waals surface area contributed by atoms with Crippen LogP contribution in [0.25, 0.3) is 0 Å². The molecular weight excluding hydrogens is 226 g/mol. The minimum Gasteiger partial charge on any atom is -0.404 e. The molecule has 18 heavy (non-hydrogen) atoms. The molecule has 0 saturated heterocycles. The lowest BCUT2D eigenvalue weighted by molar-refractivity contribution is -0.130. The minimum atomic E-state index is -0.306. The average Bonchev–Trinajstić information content (AvgIpc) is 2.66. The summed E-state index contributed by atoms with van der Waals surface area (Å²) in [6, 6.07) is 9.86. The number of cyclic esters (lactones) is 1. The van der Waals surface area contributed by atoms with Gasteiger partial charge in [-0.05, 0) is 18.9 Å². The van der Waals surface area contributed by atoms with Gasteiger partial charge in [0.15, 0.2) is 0 Å². The lowest BCUT2D eigenvalue weighted by atomic mass is 10.1. The number of benzene rings is 1. The maximum atomic E-state index is 11.6. The van der Waals surface area contributed by atoms with Gasteiger partial charge in [0.2, 0.25) is 5.90 Å². The Kier molecular flexibility index (Phi) is 3.72. The minimum absolute atomic E-state index is 0.306. The Morgan fingerprint density at radius 1 is 1.33 bits per heavy atom. The van der Waals surface area contributed by atoms with E-state index in [2.05, 4.69) is 11.6 Å². The van der Waals surface area contributed by atoms with E-state index >= 15 is 0 Å². The third-order valence-corrected chi connectivity index (χ3v) is 2.81. The molecule has 0 atom stereocenters. The molecule has 0 unspecified atom stereocenters. The summed E-state index contributed by atoms with van der Waals surface area (Å²) in [5.41, 5.74) is 2.55. The van der Waals surface area contributed by atoms with E-state index in [1.165, 1.54) is 0 Å². The van der Waals surface area contributed by atoms with Gasteiger partial charge in [0.1, 0.15) is 0 Å². The van der Waals surface area contributed by atoms with Gasteiger partial charge in [-0.25, -0.2) is 9.79 Å². The highest BCUT2D eigenvalue weighted by Crippen LogP contribution is 2.21. The first-order chi connectivity index (χ1) is 8.72. The maximum absolute atomic E-state index is 11.6. The highest BCUT2D eigenvalue weighted by Gasteiger charge is 2.26. The van der Waals surface area contributed by atoms with Crippen LogP contribution in [0.3, 0.4) is 0 Å². The van der Waals surface area contributed by atoms with E-state index in [4.69, 9.17) is 4.74 Å². The standard InChI is InChI=1S/C15H15NO2/c1-3-7-13-11(2)14(18-15(13)17)16-10-12-8-5-4-6-9-12/h3-6,8-9H,1,7,10H2,2H3. The monoisotopic (exact) mass is 241 g/mol. The van der Waals surface area contributed by atoms with E-state index in [1.54, 1.807) is 6.08 Å². The Bertz CT molecular complexity index is 527. The molecule has 0 aromatic heterocycles. The number of nitrogens with zero attached hydrogens (tertiary/aromatic N) is 1. The van der Waals surface area contributed by atoms with Gasteiger partial charge in [0, 0.05) is 11.1 Å². The molecule has 92 valence electrons. The second-order valence-electron chi connectivity index (χ2n) is 4.09. The first-order valence-electron chi connectivity index (χ1n) is 5.84. The molecule has 0 saturated carbocycles. The molecule has 0 radical (unpaired) electrons. The number of carbonyl (C=O) groups excluding carboxylic acids is 1. The van der Waals surface area contributed by atoms with Crippen molar-refractivity contribution >= 4 is 11.9 Å². The van der Waals surface area contributed by atoms with Crippen LogP contribution in [0.1, 0.15) is 18.9 Å². The topological polar surface area (TPSA) is 38.7 Å². The fraction of sp³-hybridized carbons (Fsp3) is 0.200. The van der Waals surface area contributed by atoms with Crippen molar-refractivity contribution in [2.75, 3.05) is 0 Å². The summed E-state index contributed by atoms with van der Waals surface area (Å²) in [5, 5.41) is 0. The van der Waals surface area contributed by atoms with Crippen molar-refractivity contribution in [2.24, 2.45) is 4.99 Å². The summed E-state index contributed by atoms with van der Waals surface area (Å²) in [5.74, 6) is 0.125. The number of hydrogen-bond donors (Lipinski definition) is 0. The molecule has 0 amide bonds. The predicted molar refractivity (Wildman–Crippen MR) is 71.2 cm³/mol. The summed E-state index contributed by atoms with van der Waals surface area (Å²) < 4.78 is 5.15. The predicted octanol–water partition coefficient (Wildman–Crippen LogP) is 3.03. The zero-order valence-electron chi connectivity index (χ0n) is 10.3. The molecule has 3 heteroatoms. The van der Waals surface area contributed by atoms with E-state index in [0.717, 1.165) is 11.1 Å². The lowest BCUT2D eigenvalue weighted by Gasteiger charge is -1.99. The van der Waals surface area contributed by atoms with Gasteiger partial charge in [0.25, 0.3) is 0 Å². The Hall–Kier alpha value is -2.16. The first kappa shape index (κ1) is 12.3. The summed E-state index contributed by atoms with van der Waals surface area (Å²) in [7, 11) is 0. The fourth-order valence-electron chi connectivity index (χ4n) is 1.79. The molecule has 1 heterocycles. The van der Waals surface area contributed by atoms with Crippen molar-refractivity contribution in [2.45, 2.75) is 19.9 Å². The molecular formula is C15H15NO2. The molecule has 1 aromatic rings. The zero-order valence-corrected chi connectivity index (χ0v) is 10.3. The van der Waals surface area contributed by atoms with Gasteiger partial charge in [-0.3, -0.25) is 0 Å². The summed E-state index contributed by atoms with van der Waals surface area (Å²) in [6.07, 6.45) is 2.22. The molecule has 1 aliphatic heterocycles. The third kappa shape index (κ3) is 2.56. The smallest absolute Gasteiger partial charge is 0.341 e. The zero-order chi connectivity index (χ0) is 13.0. The van der Waals surface area contributed by atoms with Gasteiger partial charge in [-0.2, -0.15) is 0 Å². The molecule has 0 bridgehead atoms. The Balaban J connectivity index is 2.15. The van der Waals surface area contributed by atoms with Gasteiger partial charge >= 0.3 is 5.97 Å². The number of hydrogen-bond acceptors (Lipinski definition) is 3. The number of esters is 1. The highest BCUT2D eigenvalue weighted by molar-refractivity contribution is 6.14. The first-order valence-corrected chi connectivity index (χ1v) is 5.84. The van der Waals surface area contributed by atoms with Crippen molar-refractivity contribution in [3.8, 4) is 0 Å². The molecule has 0 aliphatic carbocycles. The molecule has 3 nitrogen and oxygen atoms in total. The second-order valence-corrected chi connectivity index (χ2v) is 4.09. The Morgan fingerprint density at radius 2 is 2.06 bits per heavy atom. The van der Waals surface area contributed by atoms with E-state index in [1.807, 2.05) is 37.3 Å². The van der Waals surface area contributed by atoms with E-state index in [0.29, 0.717) is 24.4 Å². The average molecular weight is 241 g/mol. The van der Waals surface area contributed by atoms with Crippen LogP contribution < -0.4 is 0 Å². The van der Waals surface area contributed by atoms with Crippen molar-refractivity contribution in [3.63, 3.8) is 0 Å². The summed E-state index contributed by atoms with van der Waals surface area (Å²) in [6.45, 7) is 6.00. The summed E-state index contributed by atoms with van der Waals surface area (Å²) >= 11 is 0. The van der Waals surface area contributed by atoms with Crippen LogP contribution in [-0.4, -0.2) is 11.9 Å².